The second kappa shape index (κ2) is 10.5. The third-order valence-electron chi connectivity index (χ3n) is 5.45. The molecule has 0 unspecified atom stereocenters. The number of carbonyl (C=O) groups excluding carboxylic acids is 3. The van der Waals surface area contributed by atoms with Gasteiger partial charge in [0.15, 0.2) is 11.5 Å². The van der Waals surface area contributed by atoms with E-state index >= 15 is 0 Å². The van der Waals surface area contributed by atoms with E-state index in [0.29, 0.717) is 28.5 Å². The van der Waals surface area contributed by atoms with Crippen LogP contribution in [-0.2, 0) is 16.2 Å². The number of anilines is 1. The summed E-state index contributed by atoms with van der Waals surface area (Å²) < 4.78 is 30.0. The second-order valence-corrected chi connectivity index (χ2v) is 9.34. The van der Waals surface area contributed by atoms with Crippen molar-refractivity contribution >= 4 is 52.2 Å². The van der Waals surface area contributed by atoms with Gasteiger partial charge in [-0.2, -0.15) is 0 Å². The number of ether oxygens (including phenoxy) is 3. The molecule has 2 aliphatic rings. The molecule has 1 fully saturated rings. The van der Waals surface area contributed by atoms with Gasteiger partial charge in [0.25, 0.3) is 11.1 Å². The SMILES string of the molecule is O=C(CN1C(=O)S/C(=C\c2ccc(OCc3c(F)cccc3Cl)cc2)C1=O)Nc1ccc2c(c1)OCO2. The van der Waals surface area contributed by atoms with Crippen LogP contribution in [0.1, 0.15) is 11.1 Å². The normalized spacial score (nSPS) is 15.4. The number of hydrogen-bond acceptors (Lipinski definition) is 7. The number of halogens is 2. The van der Waals surface area contributed by atoms with E-state index in [1.54, 1.807) is 54.6 Å². The molecule has 1 saturated heterocycles. The highest BCUT2D eigenvalue weighted by Crippen LogP contribution is 2.35. The molecule has 37 heavy (non-hydrogen) atoms. The molecule has 3 aromatic rings. The Hall–Kier alpha value is -4.02. The molecule has 0 aliphatic carbocycles. The lowest BCUT2D eigenvalue weighted by atomic mass is 10.2. The number of thioether (sulfide) groups is 1. The Morgan fingerprint density at radius 2 is 1.89 bits per heavy atom. The Morgan fingerprint density at radius 1 is 1.11 bits per heavy atom. The van der Waals surface area contributed by atoms with Gasteiger partial charge in [0.2, 0.25) is 12.7 Å². The summed E-state index contributed by atoms with van der Waals surface area (Å²) in [6.07, 6.45) is 1.55. The number of imide groups is 1. The van der Waals surface area contributed by atoms with Gasteiger partial charge in [0.1, 0.15) is 24.7 Å². The van der Waals surface area contributed by atoms with Crippen molar-refractivity contribution in [1.82, 2.24) is 4.90 Å². The van der Waals surface area contributed by atoms with Crippen molar-refractivity contribution < 1.29 is 33.0 Å². The van der Waals surface area contributed by atoms with Crippen molar-refractivity contribution in [2.24, 2.45) is 0 Å². The number of amides is 3. The number of carbonyl (C=O) groups is 3. The van der Waals surface area contributed by atoms with Gasteiger partial charge in [0.05, 0.1) is 9.93 Å². The molecule has 0 saturated carbocycles. The summed E-state index contributed by atoms with van der Waals surface area (Å²) in [5.41, 5.74) is 1.35. The van der Waals surface area contributed by atoms with Crippen LogP contribution in [0, 0.1) is 5.82 Å². The second-order valence-electron chi connectivity index (χ2n) is 7.94. The Kier molecular flexibility index (Phi) is 7.02. The van der Waals surface area contributed by atoms with Gasteiger partial charge in [-0.1, -0.05) is 29.8 Å². The Morgan fingerprint density at radius 3 is 2.68 bits per heavy atom. The van der Waals surface area contributed by atoms with Crippen molar-refractivity contribution in [1.29, 1.82) is 0 Å². The van der Waals surface area contributed by atoms with Gasteiger partial charge < -0.3 is 19.5 Å². The van der Waals surface area contributed by atoms with Crippen LogP contribution in [0.15, 0.2) is 65.6 Å². The quantitative estimate of drug-likeness (QED) is 0.398. The maximum absolute atomic E-state index is 13.9. The molecule has 0 aromatic heterocycles. The molecule has 2 heterocycles. The van der Waals surface area contributed by atoms with Gasteiger partial charge in [0, 0.05) is 17.3 Å². The first kappa shape index (κ1) is 24.7. The lowest BCUT2D eigenvalue weighted by Gasteiger charge is -2.12. The van der Waals surface area contributed by atoms with E-state index in [1.165, 1.54) is 12.1 Å². The van der Waals surface area contributed by atoms with Crippen molar-refractivity contribution in [2.45, 2.75) is 6.61 Å². The van der Waals surface area contributed by atoms with Crippen LogP contribution in [0.3, 0.4) is 0 Å². The van der Waals surface area contributed by atoms with Crippen LogP contribution in [0.5, 0.6) is 17.2 Å². The molecule has 2 aliphatic heterocycles. The Labute approximate surface area is 219 Å². The maximum atomic E-state index is 13.9. The van der Waals surface area contributed by atoms with Crippen molar-refractivity contribution in [2.75, 3.05) is 18.7 Å². The van der Waals surface area contributed by atoms with Crippen LogP contribution < -0.4 is 19.5 Å². The molecule has 11 heteroatoms. The van der Waals surface area contributed by atoms with Gasteiger partial charge in [-0.25, -0.2) is 4.39 Å². The van der Waals surface area contributed by atoms with Crippen LogP contribution in [0.25, 0.3) is 6.08 Å². The van der Waals surface area contributed by atoms with E-state index in [0.717, 1.165) is 16.7 Å². The van der Waals surface area contributed by atoms with Crippen molar-refractivity contribution in [3.63, 3.8) is 0 Å². The minimum atomic E-state index is -0.564. The first-order valence-electron chi connectivity index (χ1n) is 11.0. The number of hydrogen-bond donors (Lipinski definition) is 1. The van der Waals surface area contributed by atoms with Crippen LogP contribution in [-0.4, -0.2) is 35.3 Å². The van der Waals surface area contributed by atoms with Gasteiger partial charge >= 0.3 is 0 Å². The summed E-state index contributed by atoms with van der Waals surface area (Å²) in [6.45, 7) is -0.367. The van der Waals surface area contributed by atoms with Crippen molar-refractivity contribution in [3.8, 4) is 17.2 Å². The Bertz CT molecular complexity index is 1410. The fourth-order valence-corrected chi connectivity index (χ4v) is 4.65. The molecule has 8 nitrogen and oxygen atoms in total. The maximum Gasteiger partial charge on any atom is 0.294 e. The first-order valence-corrected chi connectivity index (χ1v) is 12.2. The monoisotopic (exact) mass is 540 g/mol. The summed E-state index contributed by atoms with van der Waals surface area (Å²) in [6, 6.07) is 16.0. The number of rotatable bonds is 7. The largest absolute Gasteiger partial charge is 0.489 e. The van der Waals surface area contributed by atoms with E-state index in [-0.39, 0.29) is 28.9 Å². The average molecular weight is 541 g/mol. The standard InChI is InChI=1S/C26H18ClFN2O6S/c27-19-2-1-3-20(28)18(19)13-34-17-7-4-15(5-8-17)10-23-25(32)30(26(33)37-23)12-24(31)29-16-6-9-21-22(11-16)36-14-35-21/h1-11H,12-14H2,(H,29,31)/b23-10-. The molecular weight excluding hydrogens is 523 g/mol. The highest BCUT2D eigenvalue weighted by molar-refractivity contribution is 8.18. The molecule has 5 rings (SSSR count). The zero-order chi connectivity index (χ0) is 25.9. The van der Waals surface area contributed by atoms with Crippen LogP contribution >= 0.6 is 23.4 Å². The number of nitrogens with one attached hydrogen (secondary N) is 1. The highest BCUT2D eigenvalue weighted by atomic mass is 35.5. The summed E-state index contributed by atoms with van der Waals surface area (Å²) in [5, 5.41) is 2.38. The highest BCUT2D eigenvalue weighted by Gasteiger charge is 2.36. The molecule has 3 amide bonds. The lowest BCUT2D eigenvalue weighted by molar-refractivity contribution is -0.127. The topological polar surface area (TPSA) is 94.2 Å². The summed E-state index contributed by atoms with van der Waals surface area (Å²) in [4.78, 5) is 38.7. The lowest BCUT2D eigenvalue weighted by Crippen LogP contribution is -2.36. The minimum Gasteiger partial charge on any atom is -0.489 e. The molecule has 0 spiro atoms. The predicted octanol–water partition coefficient (Wildman–Crippen LogP) is 5.46. The first-order chi connectivity index (χ1) is 17.9. The fourth-order valence-electron chi connectivity index (χ4n) is 3.59. The summed E-state index contributed by atoms with van der Waals surface area (Å²) in [5.74, 6) is 0.000852. The average Bonchev–Trinajstić information content (AvgIpc) is 3.44. The van der Waals surface area contributed by atoms with Crippen molar-refractivity contribution in [3.05, 3.63) is 87.5 Å². The van der Waals surface area contributed by atoms with Crippen LogP contribution in [0.4, 0.5) is 14.9 Å². The predicted molar refractivity (Wildman–Crippen MR) is 136 cm³/mol. The molecular formula is C26H18ClFN2O6S. The van der Waals surface area contributed by atoms with Gasteiger partial charge in [-0.15, -0.1) is 0 Å². The van der Waals surface area contributed by atoms with E-state index in [4.69, 9.17) is 25.8 Å². The number of benzene rings is 3. The summed E-state index contributed by atoms with van der Waals surface area (Å²) in [7, 11) is 0. The van der Waals surface area contributed by atoms with E-state index in [9.17, 15) is 18.8 Å². The zero-order valence-electron chi connectivity index (χ0n) is 19.0. The molecule has 0 radical (unpaired) electrons. The molecule has 0 atom stereocenters. The smallest absolute Gasteiger partial charge is 0.294 e. The third kappa shape index (κ3) is 5.55. The molecule has 1 N–H and O–H groups in total. The molecule has 0 bridgehead atoms. The summed E-state index contributed by atoms with van der Waals surface area (Å²) >= 11 is 6.77. The Balaban J connectivity index is 1.19. The fraction of sp³-hybridized carbons (Fsp3) is 0.115. The minimum absolute atomic E-state index is 0.0436. The number of fused-ring (bicyclic) bond motifs is 1. The van der Waals surface area contributed by atoms with Crippen LogP contribution in [0.2, 0.25) is 5.02 Å². The van der Waals surface area contributed by atoms with Gasteiger partial charge in [-0.3, -0.25) is 19.3 Å². The molecule has 188 valence electrons. The third-order valence-corrected chi connectivity index (χ3v) is 6.72. The van der Waals surface area contributed by atoms with E-state index < -0.39 is 29.4 Å². The van der Waals surface area contributed by atoms with E-state index in [2.05, 4.69) is 5.32 Å². The van der Waals surface area contributed by atoms with Gasteiger partial charge in [-0.05, 0) is 59.8 Å². The zero-order valence-corrected chi connectivity index (χ0v) is 20.6. The van der Waals surface area contributed by atoms with E-state index in [1.807, 2.05) is 0 Å². The molecule has 3 aromatic carbocycles. The number of nitrogens with zero attached hydrogens (tertiary/aromatic N) is 1.